The van der Waals surface area contributed by atoms with Gasteiger partial charge in [-0.05, 0) is 70.3 Å². The lowest BCUT2D eigenvalue weighted by Crippen LogP contribution is -2.49. The van der Waals surface area contributed by atoms with E-state index in [0.717, 1.165) is 5.56 Å². The molecule has 1 unspecified atom stereocenters. The SMILES string of the molecule is CNC(=O)C(Cc1cc(Br)c(O)c(Br)c1)N(C)C(=O)OC(C)(C)C. The second kappa shape index (κ2) is 8.20. The van der Waals surface area contributed by atoms with Gasteiger partial charge in [0.25, 0.3) is 0 Å². The van der Waals surface area contributed by atoms with Crippen LogP contribution in [-0.4, -0.2) is 47.7 Å². The summed E-state index contributed by atoms with van der Waals surface area (Å²) in [6.45, 7) is 5.30. The number of phenols is 1. The average Bonchev–Trinajstić information content (AvgIpc) is 2.46. The Bertz CT molecular complexity index is 606. The number of benzene rings is 1. The van der Waals surface area contributed by atoms with Crippen LogP contribution in [-0.2, 0) is 16.0 Å². The van der Waals surface area contributed by atoms with Gasteiger partial charge in [0.15, 0.2) is 0 Å². The number of aromatic hydroxyl groups is 1. The second-order valence-electron chi connectivity index (χ2n) is 6.33. The number of rotatable bonds is 4. The zero-order valence-electron chi connectivity index (χ0n) is 14.3. The number of hydrogen-bond acceptors (Lipinski definition) is 4. The Morgan fingerprint density at radius 1 is 1.29 bits per heavy atom. The molecule has 1 atom stereocenters. The molecule has 0 saturated heterocycles. The Hall–Kier alpha value is -1.28. The summed E-state index contributed by atoms with van der Waals surface area (Å²) in [5.41, 5.74) is 0.124. The van der Waals surface area contributed by atoms with Gasteiger partial charge in [-0.2, -0.15) is 0 Å². The maximum absolute atomic E-state index is 12.3. The van der Waals surface area contributed by atoms with E-state index in [1.807, 2.05) is 0 Å². The number of carbonyl (C=O) groups excluding carboxylic acids is 2. The summed E-state index contributed by atoms with van der Waals surface area (Å²) >= 11 is 6.52. The molecule has 0 saturated carbocycles. The zero-order valence-corrected chi connectivity index (χ0v) is 17.5. The van der Waals surface area contributed by atoms with E-state index in [4.69, 9.17) is 4.74 Å². The highest BCUT2D eigenvalue weighted by molar-refractivity contribution is 9.11. The van der Waals surface area contributed by atoms with Gasteiger partial charge < -0.3 is 15.2 Å². The van der Waals surface area contributed by atoms with Crippen molar-refractivity contribution < 1.29 is 19.4 Å². The minimum atomic E-state index is -0.742. The molecule has 2 amide bonds. The molecule has 0 bridgehead atoms. The average molecular weight is 466 g/mol. The number of ether oxygens (including phenoxy) is 1. The molecule has 6 nitrogen and oxygen atoms in total. The molecule has 1 rings (SSSR count). The van der Waals surface area contributed by atoms with E-state index < -0.39 is 17.7 Å². The van der Waals surface area contributed by atoms with Crippen LogP contribution in [0.25, 0.3) is 0 Å². The number of phenolic OH excluding ortho intramolecular Hbond substituents is 1. The highest BCUT2D eigenvalue weighted by Crippen LogP contribution is 2.33. The van der Waals surface area contributed by atoms with Gasteiger partial charge in [0.1, 0.15) is 17.4 Å². The van der Waals surface area contributed by atoms with Crippen LogP contribution in [0.15, 0.2) is 21.1 Å². The van der Waals surface area contributed by atoms with Crippen molar-refractivity contribution in [2.75, 3.05) is 14.1 Å². The lowest BCUT2D eigenvalue weighted by molar-refractivity contribution is -0.125. The van der Waals surface area contributed by atoms with Crippen molar-refractivity contribution in [2.24, 2.45) is 0 Å². The fraction of sp³-hybridized carbons (Fsp3) is 0.500. The summed E-state index contributed by atoms with van der Waals surface area (Å²) in [6, 6.07) is 2.67. The molecule has 0 radical (unpaired) electrons. The van der Waals surface area contributed by atoms with E-state index in [1.54, 1.807) is 32.9 Å². The number of amides is 2. The van der Waals surface area contributed by atoms with E-state index in [0.29, 0.717) is 8.95 Å². The quantitative estimate of drug-likeness (QED) is 0.713. The molecule has 0 fully saturated rings. The van der Waals surface area contributed by atoms with Crippen LogP contribution in [0.4, 0.5) is 4.79 Å². The molecule has 1 aromatic rings. The normalized spacial score (nSPS) is 12.5. The molecular weight excluding hydrogens is 444 g/mol. The van der Waals surface area contributed by atoms with Crippen molar-refractivity contribution in [3.63, 3.8) is 0 Å². The van der Waals surface area contributed by atoms with Gasteiger partial charge in [0.05, 0.1) is 8.95 Å². The number of nitrogens with one attached hydrogen (secondary N) is 1. The molecule has 2 N–H and O–H groups in total. The standard InChI is InChI=1S/C16H22Br2N2O4/c1-16(2,3)24-15(23)20(5)12(14(22)19-4)8-9-6-10(17)13(21)11(18)7-9/h6-7,12,21H,8H2,1-5H3,(H,19,22). The van der Waals surface area contributed by atoms with Crippen LogP contribution in [0, 0.1) is 0 Å². The smallest absolute Gasteiger partial charge is 0.410 e. The van der Waals surface area contributed by atoms with E-state index >= 15 is 0 Å². The predicted molar refractivity (Wildman–Crippen MR) is 99.1 cm³/mol. The molecule has 0 aliphatic carbocycles. The molecule has 0 aliphatic rings. The van der Waals surface area contributed by atoms with Crippen molar-refractivity contribution >= 4 is 43.9 Å². The Morgan fingerprint density at radius 3 is 2.21 bits per heavy atom. The van der Waals surface area contributed by atoms with Gasteiger partial charge in [-0.1, -0.05) is 0 Å². The lowest BCUT2D eigenvalue weighted by Gasteiger charge is -2.30. The topological polar surface area (TPSA) is 78.9 Å². The third-order valence-corrected chi connectivity index (χ3v) is 4.41. The molecule has 0 heterocycles. The van der Waals surface area contributed by atoms with Crippen molar-refractivity contribution in [2.45, 2.75) is 38.8 Å². The summed E-state index contributed by atoms with van der Waals surface area (Å²) in [7, 11) is 3.04. The number of nitrogens with zero attached hydrogens (tertiary/aromatic N) is 1. The fourth-order valence-electron chi connectivity index (χ4n) is 1.99. The highest BCUT2D eigenvalue weighted by Gasteiger charge is 2.30. The Balaban J connectivity index is 3.06. The number of hydrogen-bond donors (Lipinski definition) is 2. The van der Waals surface area contributed by atoms with Crippen LogP contribution < -0.4 is 5.32 Å². The van der Waals surface area contributed by atoms with Crippen molar-refractivity contribution in [1.29, 1.82) is 0 Å². The highest BCUT2D eigenvalue weighted by atomic mass is 79.9. The summed E-state index contributed by atoms with van der Waals surface area (Å²) in [4.78, 5) is 25.8. The minimum absolute atomic E-state index is 0.0794. The molecular formula is C16H22Br2N2O4. The fourth-order valence-corrected chi connectivity index (χ4v) is 3.27. The van der Waals surface area contributed by atoms with Crippen LogP contribution in [0.2, 0.25) is 0 Å². The first-order valence-electron chi connectivity index (χ1n) is 7.30. The molecule has 8 heteroatoms. The summed E-state index contributed by atoms with van der Waals surface area (Å²) in [5, 5.41) is 12.4. The van der Waals surface area contributed by atoms with E-state index in [2.05, 4.69) is 37.2 Å². The van der Waals surface area contributed by atoms with Gasteiger partial charge in [-0.15, -0.1) is 0 Å². The largest absolute Gasteiger partial charge is 0.506 e. The van der Waals surface area contributed by atoms with E-state index in [9.17, 15) is 14.7 Å². The van der Waals surface area contributed by atoms with Crippen LogP contribution in [0.1, 0.15) is 26.3 Å². The maximum Gasteiger partial charge on any atom is 0.410 e. The predicted octanol–water partition coefficient (Wildman–Crippen LogP) is 3.44. The van der Waals surface area contributed by atoms with Crippen molar-refractivity contribution in [3.8, 4) is 5.75 Å². The van der Waals surface area contributed by atoms with Gasteiger partial charge >= 0.3 is 6.09 Å². The Morgan fingerprint density at radius 2 is 1.79 bits per heavy atom. The molecule has 0 aromatic heterocycles. The molecule has 134 valence electrons. The number of carbonyl (C=O) groups is 2. The minimum Gasteiger partial charge on any atom is -0.506 e. The van der Waals surface area contributed by atoms with Gasteiger partial charge in [0, 0.05) is 20.5 Å². The van der Waals surface area contributed by atoms with Crippen LogP contribution in [0.3, 0.4) is 0 Å². The molecule has 24 heavy (non-hydrogen) atoms. The summed E-state index contributed by atoms with van der Waals surface area (Å²) < 4.78 is 6.33. The second-order valence-corrected chi connectivity index (χ2v) is 8.04. The Labute approximate surface area is 158 Å². The zero-order chi connectivity index (χ0) is 18.7. The summed E-state index contributed by atoms with van der Waals surface area (Å²) in [6.07, 6.45) is -0.305. The third-order valence-electron chi connectivity index (χ3n) is 3.20. The number of likely N-dealkylation sites (N-methyl/N-ethyl adjacent to an activating group) is 2. The van der Waals surface area contributed by atoms with Gasteiger partial charge in [-0.25, -0.2) is 4.79 Å². The summed E-state index contributed by atoms with van der Waals surface area (Å²) in [5.74, 6) is -0.223. The van der Waals surface area contributed by atoms with Crippen LogP contribution in [0.5, 0.6) is 5.75 Å². The van der Waals surface area contributed by atoms with E-state index in [1.165, 1.54) is 19.0 Å². The third kappa shape index (κ3) is 5.66. The monoisotopic (exact) mass is 464 g/mol. The molecule has 0 spiro atoms. The molecule has 0 aliphatic heterocycles. The maximum atomic E-state index is 12.3. The number of halogens is 2. The van der Waals surface area contributed by atoms with Gasteiger partial charge in [0.2, 0.25) is 5.91 Å². The first-order valence-corrected chi connectivity index (χ1v) is 8.89. The Kier molecular flexibility index (Phi) is 7.10. The lowest BCUT2D eigenvalue weighted by atomic mass is 10.0. The first kappa shape index (κ1) is 20.8. The van der Waals surface area contributed by atoms with Crippen LogP contribution >= 0.6 is 31.9 Å². The first-order chi connectivity index (χ1) is 11.0. The van der Waals surface area contributed by atoms with E-state index in [-0.39, 0.29) is 18.1 Å². The molecule has 1 aromatic carbocycles. The van der Waals surface area contributed by atoms with Gasteiger partial charge in [-0.3, -0.25) is 9.69 Å². The van der Waals surface area contributed by atoms with Crippen molar-refractivity contribution in [1.82, 2.24) is 10.2 Å². The van der Waals surface area contributed by atoms with Crippen molar-refractivity contribution in [3.05, 3.63) is 26.6 Å².